The zero-order valence-electron chi connectivity index (χ0n) is 15.4. The second kappa shape index (κ2) is 7.61. The normalized spacial score (nSPS) is 12.1. The molecule has 0 fully saturated rings. The Kier molecular flexibility index (Phi) is 4.86. The van der Waals surface area contributed by atoms with Crippen molar-refractivity contribution in [3.63, 3.8) is 0 Å². The van der Waals surface area contributed by atoms with E-state index < -0.39 is 0 Å². The van der Waals surface area contributed by atoms with Crippen LogP contribution in [0.5, 0.6) is 17.2 Å². The molecule has 0 radical (unpaired) electrons. The minimum atomic E-state index is -0.302. The lowest BCUT2D eigenvalue weighted by molar-refractivity contribution is 0.102. The number of anilines is 1. The van der Waals surface area contributed by atoms with Gasteiger partial charge in [-0.2, -0.15) is 5.10 Å². The molecule has 1 aliphatic heterocycles. The van der Waals surface area contributed by atoms with E-state index in [1.54, 1.807) is 32.4 Å². The first-order valence-electron chi connectivity index (χ1n) is 8.61. The summed E-state index contributed by atoms with van der Waals surface area (Å²) in [6, 6.07) is 12.5. The summed E-state index contributed by atoms with van der Waals surface area (Å²) >= 11 is 0. The molecule has 0 saturated carbocycles. The highest BCUT2D eigenvalue weighted by Gasteiger charge is 2.20. The number of benzene rings is 2. The molecule has 28 heavy (non-hydrogen) atoms. The summed E-state index contributed by atoms with van der Waals surface area (Å²) in [4.78, 5) is 12.8. The van der Waals surface area contributed by atoms with E-state index in [0.717, 1.165) is 22.6 Å². The summed E-state index contributed by atoms with van der Waals surface area (Å²) in [5.74, 6) is 2.03. The third kappa shape index (κ3) is 3.37. The number of amides is 1. The third-order valence-corrected chi connectivity index (χ3v) is 4.38. The molecule has 0 aliphatic carbocycles. The van der Waals surface area contributed by atoms with E-state index in [-0.39, 0.29) is 12.7 Å². The van der Waals surface area contributed by atoms with Gasteiger partial charge in [0.05, 0.1) is 19.4 Å². The lowest BCUT2D eigenvalue weighted by Crippen LogP contribution is -2.13. The van der Waals surface area contributed by atoms with Crippen LogP contribution in [0, 0.1) is 0 Å². The Balaban J connectivity index is 1.64. The molecule has 1 aromatic heterocycles. The average Bonchev–Trinajstić information content (AvgIpc) is 3.34. The van der Waals surface area contributed by atoms with Crippen molar-refractivity contribution in [3.8, 4) is 28.4 Å². The molecular weight excluding hydrogens is 362 g/mol. The Labute approximate surface area is 161 Å². The van der Waals surface area contributed by atoms with Gasteiger partial charge in [0.25, 0.3) is 5.91 Å². The largest absolute Gasteiger partial charge is 0.497 e. The van der Waals surface area contributed by atoms with Crippen LogP contribution in [0.25, 0.3) is 11.1 Å². The fourth-order valence-electron chi connectivity index (χ4n) is 3.00. The second-order valence-electron chi connectivity index (χ2n) is 6.11. The molecule has 144 valence electrons. The zero-order chi connectivity index (χ0) is 19.5. The molecule has 3 aromatic rings. The van der Waals surface area contributed by atoms with Crippen LogP contribution in [0.4, 0.5) is 5.82 Å². The molecule has 1 amide bonds. The van der Waals surface area contributed by atoms with Crippen molar-refractivity contribution in [2.75, 3.05) is 26.3 Å². The van der Waals surface area contributed by atoms with E-state index in [1.807, 2.05) is 24.3 Å². The number of carbonyl (C=O) groups is 1. The Morgan fingerprint density at radius 2 is 1.93 bits per heavy atom. The number of fused-ring (bicyclic) bond motifs is 1. The first kappa shape index (κ1) is 17.9. The van der Waals surface area contributed by atoms with E-state index in [9.17, 15) is 4.79 Å². The van der Waals surface area contributed by atoms with Crippen LogP contribution in [0.2, 0.25) is 0 Å². The quantitative estimate of drug-likeness (QED) is 0.681. The van der Waals surface area contributed by atoms with Crippen molar-refractivity contribution in [3.05, 3.63) is 53.7 Å². The molecule has 0 atom stereocenters. The fraction of sp³-hybridized carbons (Fsp3) is 0.200. The first-order valence-corrected chi connectivity index (χ1v) is 8.61. The highest BCUT2D eigenvalue weighted by molar-refractivity contribution is 6.06. The van der Waals surface area contributed by atoms with Gasteiger partial charge in [0.2, 0.25) is 6.79 Å². The average molecular weight is 381 g/mol. The van der Waals surface area contributed by atoms with Crippen molar-refractivity contribution >= 4 is 11.7 Å². The third-order valence-electron chi connectivity index (χ3n) is 4.38. The fourth-order valence-corrected chi connectivity index (χ4v) is 3.00. The van der Waals surface area contributed by atoms with Gasteiger partial charge in [0, 0.05) is 18.2 Å². The highest BCUT2D eigenvalue weighted by Crippen LogP contribution is 2.34. The number of aromatic amines is 1. The molecule has 8 heteroatoms. The molecule has 8 nitrogen and oxygen atoms in total. The molecule has 2 aromatic carbocycles. The predicted octanol–water partition coefficient (Wildman–Crippen LogP) is 3.21. The number of ether oxygens (including phenoxy) is 4. The SMILES string of the molecule is COCc1[nH]nc(NC(=O)c2ccc3c(c2)OCO3)c1-c1ccc(OC)cc1. The predicted molar refractivity (Wildman–Crippen MR) is 102 cm³/mol. The van der Waals surface area contributed by atoms with Crippen LogP contribution >= 0.6 is 0 Å². The zero-order valence-corrected chi connectivity index (χ0v) is 15.4. The maximum atomic E-state index is 12.8. The molecule has 2 N–H and O–H groups in total. The molecule has 1 aliphatic rings. The first-order chi connectivity index (χ1) is 13.7. The number of methoxy groups -OCH3 is 2. The lowest BCUT2D eigenvalue weighted by atomic mass is 10.0. The number of rotatable bonds is 6. The smallest absolute Gasteiger partial charge is 0.257 e. The summed E-state index contributed by atoms with van der Waals surface area (Å²) in [6.45, 7) is 0.482. The van der Waals surface area contributed by atoms with Crippen LogP contribution in [-0.4, -0.2) is 37.1 Å². The molecule has 0 spiro atoms. The monoisotopic (exact) mass is 381 g/mol. The van der Waals surface area contributed by atoms with Crippen molar-refractivity contribution in [1.82, 2.24) is 10.2 Å². The topological polar surface area (TPSA) is 94.7 Å². The molecule has 2 heterocycles. The minimum absolute atomic E-state index is 0.155. The molecule has 0 bridgehead atoms. The summed E-state index contributed by atoms with van der Waals surface area (Å²) in [5.41, 5.74) is 2.84. The summed E-state index contributed by atoms with van der Waals surface area (Å²) in [5, 5.41) is 10.1. The van der Waals surface area contributed by atoms with E-state index in [4.69, 9.17) is 18.9 Å². The minimum Gasteiger partial charge on any atom is -0.497 e. The summed E-state index contributed by atoms with van der Waals surface area (Å²) < 4.78 is 21.1. The van der Waals surface area contributed by atoms with E-state index in [2.05, 4.69) is 15.5 Å². The van der Waals surface area contributed by atoms with Crippen LogP contribution in [-0.2, 0) is 11.3 Å². The molecule has 0 unspecified atom stereocenters. The number of aromatic nitrogens is 2. The van der Waals surface area contributed by atoms with Crippen molar-refractivity contribution in [2.24, 2.45) is 0 Å². The van der Waals surface area contributed by atoms with Gasteiger partial charge in [-0.1, -0.05) is 12.1 Å². The van der Waals surface area contributed by atoms with Gasteiger partial charge in [-0.25, -0.2) is 0 Å². The number of hydrogen-bond acceptors (Lipinski definition) is 6. The number of H-pyrrole nitrogens is 1. The maximum absolute atomic E-state index is 12.8. The van der Waals surface area contributed by atoms with Gasteiger partial charge in [-0.3, -0.25) is 9.89 Å². The second-order valence-corrected chi connectivity index (χ2v) is 6.11. The van der Waals surface area contributed by atoms with Crippen LogP contribution in [0.15, 0.2) is 42.5 Å². The number of nitrogens with zero attached hydrogens (tertiary/aromatic N) is 1. The summed E-state index contributed by atoms with van der Waals surface area (Å²) in [6.07, 6.45) is 0. The van der Waals surface area contributed by atoms with Crippen LogP contribution < -0.4 is 19.5 Å². The Morgan fingerprint density at radius 1 is 1.14 bits per heavy atom. The standard InChI is InChI=1S/C20H19N3O5/c1-25-10-15-18(12-3-6-14(26-2)7-4-12)19(23-22-15)21-20(24)13-5-8-16-17(9-13)28-11-27-16/h3-9H,10-11H2,1-2H3,(H2,21,22,23,24). The van der Waals surface area contributed by atoms with Gasteiger partial charge in [0.1, 0.15) is 5.75 Å². The molecular formula is C20H19N3O5. The Morgan fingerprint density at radius 3 is 2.68 bits per heavy atom. The molecule has 4 rings (SSSR count). The maximum Gasteiger partial charge on any atom is 0.257 e. The Bertz CT molecular complexity index is 998. The highest BCUT2D eigenvalue weighted by atomic mass is 16.7. The van der Waals surface area contributed by atoms with E-state index in [1.165, 1.54) is 0 Å². The van der Waals surface area contributed by atoms with Crippen molar-refractivity contribution in [1.29, 1.82) is 0 Å². The van der Waals surface area contributed by atoms with Crippen molar-refractivity contribution in [2.45, 2.75) is 6.61 Å². The van der Waals surface area contributed by atoms with Gasteiger partial charge in [-0.05, 0) is 35.9 Å². The van der Waals surface area contributed by atoms with Crippen LogP contribution in [0.1, 0.15) is 16.1 Å². The lowest BCUT2D eigenvalue weighted by Gasteiger charge is -2.09. The molecule has 0 saturated heterocycles. The summed E-state index contributed by atoms with van der Waals surface area (Å²) in [7, 11) is 3.21. The van der Waals surface area contributed by atoms with Gasteiger partial charge in [-0.15, -0.1) is 0 Å². The number of hydrogen-bond donors (Lipinski definition) is 2. The number of nitrogens with one attached hydrogen (secondary N) is 2. The number of carbonyl (C=O) groups excluding carboxylic acids is 1. The van der Waals surface area contributed by atoms with Gasteiger partial charge >= 0.3 is 0 Å². The van der Waals surface area contributed by atoms with E-state index >= 15 is 0 Å². The van der Waals surface area contributed by atoms with Crippen molar-refractivity contribution < 1.29 is 23.7 Å². The Hall–Kier alpha value is -3.52. The van der Waals surface area contributed by atoms with E-state index in [0.29, 0.717) is 29.5 Å². The van der Waals surface area contributed by atoms with Crippen LogP contribution in [0.3, 0.4) is 0 Å². The van der Waals surface area contributed by atoms with Gasteiger partial charge in [0.15, 0.2) is 17.3 Å². The van der Waals surface area contributed by atoms with Gasteiger partial charge < -0.3 is 24.3 Å².